The Morgan fingerprint density at radius 3 is 1.90 bits per heavy atom. The number of alkyl halides is 6. The molecule has 0 aromatic heterocycles. The molecule has 3 aromatic carbocycles. The third-order valence-corrected chi connectivity index (χ3v) is 5.01. The standard InChI is InChI=1S/C22H19F6N.ClH/c1-14(19-9-5-7-16-6-3-4-8-20(16)19)29(2)13-15-10-17(21(23,24)25)12-18(11-15)22(26,27)28;/h3-12,14H,13H2,1-2H3;1H/t14-;/m1./s1. The summed E-state index contributed by atoms with van der Waals surface area (Å²) in [6, 6.07) is 14.9. The van der Waals surface area contributed by atoms with Crippen molar-refractivity contribution < 1.29 is 26.3 Å². The fraction of sp³-hybridized carbons (Fsp3) is 0.273. The molecule has 0 spiro atoms. The van der Waals surface area contributed by atoms with E-state index in [1.54, 1.807) is 11.9 Å². The van der Waals surface area contributed by atoms with Crippen LogP contribution in [-0.4, -0.2) is 11.9 Å². The van der Waals surface area contributed by atoms with Crippen LogP contribution in [0.25, 0.3) is 10.8 Å². The van der Waals surface area contributed by atoms with Crippen LogP contribution >= 0.6 is 12.4 Å². The molecule has 0 saturated carbocycles. The Labute approximate surface area is 176 Å². The van der Waals surface area contributed by atoms with Crippen LogP contribution in [0.3, 0.4) is 0 Å². The second-order valence-corrected chi connectivity index (χ2v) is 7.07. The first-order chi connectivity index (χ1) is 13.5. The zero-order chi connectivity index (χ0) is 21.4. The van der Waals surface area contributed by atoms with Crippen molar-refractivity contribution in [2.45, 2.75) is 31.9 Å². The Hall–Kier alpha value is -2.25. The smallest absolute Gasteiger partial charge is 0.295 e. The summed E-state index contributed by atoms with van der Waals surface area (Å²) in [5, 5.41) is 2.01. The third-order valence-electron chi connectivity index (χ3n) is 5.01. The fourth-order valence-corrected chi connectivity index (χ4v) is 3.39. The van der Waals surface area contributed by atoms with Crippen LogP contribution in [-0.2, 0) is 18.9 Å². The molecule has 30 heavy (non-hydrogen) atoms. The Kier molecular flexibility index (Phi) is 7.09. The number of nitrogens with zero attached hydrogens (tertiary/aromatic N) is 1. The van der Waals surface area contributed by atoms with E-state index in [0.717, 1.165) is 28.5 Å². The number of halogens is 7. The molecule has 0 N–H and O–H groups in total. The number of fused-ring (bicyclic) bond motifs is 1. The SMILES string of the molecule is C[C@H](c1cccc2ccccc12)N(C)Cc1cc(C(F)(F)F)cc(C(F)(F)F)c1.Cl. The Bertz CT molecular complexity index is 975. The lowest BCUT2D eigenvalue weighted by atomic mass is 9.98. The van der Waals surface area contributed by atoms with Gasteiger partial charge in [-0.15, -0.1) is 12.4 Å². The maximum Gasteiger partial charge on any atom is 0.416 e. The van der Waals surface area contributed by atoms with Crippen molar-refractivity contribution in [2.75, 3.05) is 7.05 Å². The highest BCUT2D eigenvalue weighted by Gasteiger charge is 2.37. The molecule has 8 heteroatoms. The van der Waals surface area contributed by atoms with Gasteiger partial charge in [-0.3, -0.25) is 4.90 Å². The van der Waals surface area contributed by atoms with Gasteiger partial charge in [0.2, 0.25) is 0 Å². The van der Waals surface area contributed by atoms with Gasteiger partial charge >= 0.3 is 12.4 Å². The van der Waals surface area contributed by atoms with Crippen LogP contribution in [0.2, 0.25) is 0 Å². The molecule has 0 amide bonds. The van der Waals surface area contributed by atoms with Crippen molar-refractivity contribution in [3.05, 3.63) is 82.9 Å². The average Bonchev–Trinajstić information content (AvgIpc) is 2.65. The summed E-state index contributed by atoms with van der Waals surface area (Å²) in [5.74, 6) is 0. The summed E-state index contributed by atoms with van der Waals surface area (Å²) >= 11 is 0. The number of rotatable bonds is 4. The predicted molar refractivity (Wildman–Crippen MR) is 108 cm³/mol. The summed E-state index contributed by atoms with van der Waals surface area (Å²) in [7, 11) is 1.68. The molecular formula is C22H20ClF6N. The van der Waals surface area contributed by atoms with Crippen molar-refractivity contribution >= 4 is 23.2 Å². The predicted octanol–water partition coefficient (Wildman–Crippen LogP) is 7.49. The van der Waals surface area contributed by atoms with Gasteiger partial charge in [-0.05, 0) is 54.1 Å². The van der Waals surface area contributed by atoms with Crippen LogP contribution < -0.4 is 0 Å². The average molecular weight is 448 g/mol. The zero-order valence-electron chi connectivity index (χ0n) is 16.2. The summed E-state index contributed by atoms with van der Waals surface area (Å²) in [6.45, 7) is 1.82. The van der Waals surface area contributed by atoms with Crippen molar-refractivity contribution in [3.63, 3.8) is 0 Å². The van der Waals surface area contributed by atoms with Crippen molar-refractivity contribution in [1.29, 1.82) is 0 Å². The van der Waals surface area contributed by atoms with E-state index < -0.39 is 23.5 Å². The van der Waals surface area contributed by atoms with Crippen LogP contribution in [0.5, 0.6) is 0 Å². The lowest BCUT2D eigenvalue weighted by molar-refractivity contribution is -0.143. The Morgan fingerprint density at radius 1 is 0.800 bits per heavy atom. The molecule has 0 aliphatic rings. The minimum absolute atomic E-state index is 0. The van der Waals surface area contributed by atoms with E-state index in [1.165, 1.54) is 0 Å². The molecule has 0 aliphatic heterocycles. The first kappa shape index (κ1) is 24.0. The first-order valence-corrected chi connectivity index (χ1v) is 8.93. The molecule has 3 aromatic rings. The van der Waals surface area contributed by atoms with E-state index in [4.69, 9.17) is 0 Å². The Morgan fingerprint density at radius 2 is 1.33 bits per heavy atom. The number of benzene rings is 3. The van der Waals surface area contributed by atoms with Gasteiger partial charge in [0, 0.05) is 12.6 Å². The third kappa shape index (κ3) is 5.26. The van der Waals surface area contributed by atoms with Gasteiger partial charge in [-0.25, -0.2) is 0 Å². The highest BCUT2D eigenvalue weighted by Crippen LogP contribution is 2.37. The Balaban J connectivity index is 0.00000320. The summed E-state index contributed by atoms with van der Waals surface area (Å²) < 4.78 is 78.5. The van der Waals surface area contributed by atoms with E-state index in [1.807, 2.05) is 49.4 Å². The van der Waals surface area contributed by atoms with Crippen molar-refractivity contribution in [1.82, 2.24) is 4.90 Å². The molecule has 0 radical (unpaired) electrons. The molecule has 3 rings (SSSR count). The summed E-state index contributed by atoms with van der Waals surface area (Å²) in [6.07, 6.45) is -9.70. The molecule has 1 nitrogen and oxygen atoms in total. The highest BCUT2D eigenvalue weighted by molar-refractivity contribution is 5.86. The molecule has 0 fully saturated rings. The molecule has 0 bridgehead atoms. The molecular weight excluding hydrogens is 428 g/mol. The first-order valence-electron chi connectivity index (χ1n) is 8.93. The normalized spacial score (nSPS) is 13.4. The highest BCUT2D eigenvalue weighted by atomic mass is 35.5. The molecule has 0 saturated heterocycles. The second kappa shape index (κ2) is 8.86. The van der Waals surface area contributed by atoms with E-state index >= 15 is 0 Å². The van der Waals surface area contributed by atoms with Gasteiger partial charge in [0.15, 0.2) is 0 Å². The van der Waals surface area contributed by atoms with E-state index in [0.29, 0.717) is 0 Å². The molecule has 162 valence electrons. The topological polar surface area (TPSA) is 3.24 Å². The molecule has 0 heterocycles. The lowest BCUT2D eigenvalue weighted by Crippen LogP contribution is -2.23. The molecule has 1 atom stereocenters. The van der Waals surface area contributed by atoms with Gasteiger partial charge in [-0.1, -0.05) is 42.5 Å². The van der Waals surface area contributed by atoms with E-state index in [9.17, 15) is 26.3 Å². The maximum absolute atomic E-state index is 13.1. The molecule has 0 unspecified atom stereocenters. The molecule has 0 aliphatic carbocycles. The zero-order valence-corrected chi connectivity index (χ0v) is 17.0. The van der Waals surface area contributed by atoms with Crippen molar-refractivity contribution in [3.8, 4) is 0 Å². The van der Waals surface area contributed by atoms with Crippen molar-refractivity contribution in [2.24, 2.45) is 0 Å². The van der Waals surface area contributed by atoms with Gasteiger partial charge < -0.3 is 0 Å². The van der Waals surface area contributed by atoms with Crippen LogP contribution in [0, 0.1) is 0 Å². The minimum atomic E-state index is -4.85. The summed E-state index contributed by atoms with van der Waals surface area (Å²) in [5.41, 5.74) is -1.68. The van der Waals surface area contributed by atoms with E-state index in [-0.39, 0.29) is 36.6 Å². The van der Waals surface area contributed by atoms with Gasteiger partial charge in [0.25, 0.3) is 0 Å². The largest absolute Gasteiger partial charge is 0.416 e. The minimum Gasteiger partial charge on any atom is -0.295 e. The maximum atomic E-state index is 13.1. The van der Waals surface area contributed by atoms with Gasteiger partial charge in [0.05, 0.1) is 11.1 Å². The number of hydrogen-bond acceptors (Lipinski definition) is 1. The van der Waals surface area contributed by atoms with Crippen LogP contribution in [0.4, 0.5) is 26.3 Å². The van der Waals surface area contributed by atoms with Crippen LogP contribution in [0.1, 0.15) is 35.2 Å². The van der Waals surface area contributed by atoms with Gasteiger partial charge in [0.1, 0.15) is 0 Å². The lowest BCUT2D eigenvalue weighted by Gasteiger charge is -2.27. The second-order valence-electron chi connectivity index (χ2n) is 7.07. The quantitative estimate of drug-likeness (QED) is 0.374. The van der Waals surface area contributed by atoms with Crippen LogP contribution in [0.15, 0.2) is 60.7 Å². The van der Waals surface area contributed by atoms with E-state index in [2.05, 4.69) is 0 Å². The number of hydrogen-bond donors (Lipinski definition) is 0. The summed E-state index contributed by atoms with van der Waals surface area (Å²) in [4.78, 5) is 1.73. The fourth-order valence-electron chi connectivity index (χ4n) is 3.39. The monoisotopic (exact) mass is 447 g/mol. The van der Waals surface area contributed by atoms with Gasteiger partial charge in [-0.2, -0.15) is 26.3 Å².